The monoisotopic (exact) mass is 240 g/mol. The summed E-state index contributed by atoms with van der Waals surface area (Å²) in [7, 11) is 0. The summed E-state index contributed by atoms with van der Waals surface area (Å²) in [6, 6.07) is 8.49. The molecule has 0 aliphatic heterocycles. The van der Waals surface area contributed by atoms with E-state index in [1.807, 2.05) is 0 Å². The van der Waals surface area contributed by atoms with Gasteiger partial charge in [-0.1, -0.05) is 36.4 Å². The number of hydrogen-bond donors (Lipinski definition) is 1. The second-order valence-corrected chi connectivity index (χ2v) is 3.70. The zero-order valence-electron chi connectivity index (χ0n) is 9.65. The zero-order valence-corrected chi connectivity index (χ0v) is 9.65. The Bertz CT molecular complexity index is 565. The summed E-state index contributed by atoms with van der Waals surface area (Å²) in [6.45, 7) is 0. The first kappa shape index (κ1) is 12.0. The second-order valence-electron chi connectivity index (χ2n) is 3.70. The van der Waals surface area contributed by atoms with Crippen LogP contribution in [0.25, 0.3) is 6.08 Å². The minimum atomic E-state index is -1.05. The molecule has 0 radical (unpaired) electrons. The molecule has 1 N–H and O–H groups in total. The van der Waals surface area contributed by atoms with E-state index in [0.29, 0.717) is 0 Å². The van der Waals surface area contributed by atoms with E-state index >= 15 is 0 Å². The smallest absolute Gasteiger partial charge is 0.356 e. The fraction of sp³-hybridized carbons (Fsp3) is 0.0714. The van der Waals surface area contributed by atoms with Crippen molar-refractivity contribution in [2.75, 3.05) is 0 Å². The van der Waals surface area contributed by atoms with Crippen molar-refractivity contribution >= 4 is 12.0 Å². The Kier molecular flexibility index (Phi) is 3.81. The molecule has 0 atom stereocenters. The Balaban J connectivity index is 0.000000134. The van der Waals surface area contributed by atoms with Crippen LogP contribution in [0.5, 0.6) is 0 Å². The summed E-state index contributed by atoms with van der Waals surface area (Å²) >= 11 is 0. The molecular weight excluding hydrogens is 228 g/mol. The van der Waals surface area contributed by atoms with Crippen molar-refractivity contribution in [3.63, 3.8) is 0 Å². The van der Waals surface area contributed by atoms with Gasteiger partial charge < -0.3 is 5.11 Å². The molecule has 0 fully saturated rings. The van der Waals surface area contributed by atoms with Gasteiger partial charge in [0.15, 0.2) is 5.69 Å². The maximum absolute atomic E-state index is 10.1. The molecule has 0 spiro atoms. The topological polar surface area (TPSA) is 63.1 Å². The molecule has 2 aromatic rings. The highest BCUT2D eigenvalue weighted by molar-refractivity contribution is 5.84. The van der Waals surface area contributed by atoms with E-state index in [9.17, 15) is 4.79 Å². The van der Waals surface area contributed by atoms with Gasteiger partial charge in [0.05, 0.1) is 6.20 Å². The van der Waals surface area contributed by atoms with Crippen LogP contribution in [0.15, 0.2) is 48.9 Å². The number of allylic oxidation sites excluding steroid dienone is 1. The minimum absolute atomic E-state index is 0.0301. The number of fused-ring (bicyclic) bond motifs is 1. The van der Waals surface area contributed by atoms with Gasteiger partial charge in [-0.3, -0.25) is 4.98 Å². The van der Waals surface area contributed by atoms with E-state index in [-0.39, 0.29) is 5.69 Å². The third kappa shape index (κ3) is 3.01. The second kappa shape index (κ2) is 5.72. The molecule has 4 heteroatoms. The van der Waals surface area contributed by atoms with Crippen molar-refractivity contribution < 1.29 is 9.90 Å². The highest BCUT2D eigenvalue weighted by Gasteiger charge is 2.00. The Morgan fingerprint density at radius 2 is 2.06 bits per heavy atom. The number of benzene rings is 1. The quantitative estimate of drug-likeness (QED) is 0.831. The molecule has 0 unspecified atom stereocenters. The first-order chi connectivity index (χ1) is 8.77. The fourth-order valence-electron chi connectivity index (χ4n) is 1.61. The van der Waals surface area contributed by atoms with E-state index in [0.717, 1.165) is 6.42 Å². The minimum Gasteiger partial charge on any atom is -0.476 e. The molecule has 1 aromatic heterocycles. The number of carboxylic acid groups (broad SMARTS) is 1. The Hall–Kier alpha value is -2.49. The number of rotatable bonds is 1. The predicted octanol–water partition coefficient (Wildman–Crippen LogP) is 2.43. The standard InChI is InChI=1S/C9H8.C5H4N2O2/c1-2-5-9-7-3-6-8(9)4-1;8-5(9)4-3-6-1-2-7-4/h1-6H,7H2;1-3H,(H,8,9). The van der Waals surface area contributed by atoms with Crippen LogP contribution in [-0.4, -0.2) is 21.0 Å². The fourth-order valence-corrected chi connectivity index (χ4v) is 1.61. The molecule has 1 heterocycles. The largest absolute Gasteiger partial charge is 0.476 e. The van der Waals surface area contributed by atoms with Gasteiger partial charge in [0.2, 0.25) is 0 Å². The number of carboxylic acids is 1. The van der Waals surface area contributed by atoms with Gasteiger partial charge in [-0.25, -0.2) is 9.78 Å². The molecule has 0 saturated carbocycles. The van der Waals surface area contributed by atoms with Crippen molar-refractivity contribution in [2.45, 2.75) is 6.42 Å². The van der Waals surface area contributed by atoms with E-state index in [1.54, 1.807) is 0 Å². The number of aromatic nitrogens is 2. The molecule has 3 rings (SSSR count). The predicted molar refractivity (Wildman–Crippen MR) is 68.2 cm³/mol. The number of carbonyl (C=O) groups is 1. The van der Waals surface area contributed by atoms with E-state index in [2.05, 4.69) is 46.4 Å². The third-order valence-corrected chi connectivity index (χ3v) is 2.47. The van der Waals surface area contributed by atoms with Crippen molar-refractivity contribution in [3.8, 4) is 0 Å². The highest BCUT2D eigenvalue weighted by Crippen LogP contribution is 2.17. The molecule has 0 saturated heterocycles. The van der Waals surface area contributed by atoms with E-state index in [4.69, 9.17) is 5.11 Å². The summed E-state index contributed by atoms with van der Waals surface area (Å²) in [5.74, 6) is -1.05. The van der Waals surface area contributed by atoms with Crippen LogP contribution in [0.2, 0.25) is 0 Å². The van der Waals surface area contributed by atoms with E-state index in [1.165, 1.54) is 29.7 Å². The lowest BCUT2D eigenvalue weighted by atomic mass is 10.1. The Labute approximate surface area is 105 Å². The first-order valence-electron chi connectivity index (χ1n) is 5.51. The zero-order chi connectivity index (χ0) is 12.8. The third-order valence-electron chi connectivity index (χ3n) is 2.47. The summed E-state index contributed by atoms with van der Waals surface area (Å²) in [4.78, 5) is 17.2. The summed E-state index contributed by atoms with van der Waals surface area (Å²) in [5, 5.41) is 8.28. The number of nitrogens with zero attached hydrogens (tertiary/aromatic N) is 2. The number of aromatic carboxylic acids is 1. The van der Waals surface area contributed by atoms with Gasteiger partial charge in [0.1, 0.15) is 0 Å². The molecule has 0 bridgehead atoms. The summed E-state index contributed by atoms with van der Waals surface area (Å²) in [5.41, 5.74) is 2.81. The van der Waals surface area contributed by atoms with Gasteiger partial charge in [-0.15, -0.1) is 0 Å². The molecule has 1 aliphatic carbocycles. The molecule has 18 heavy (non-hydrogen) atoms. The van der Waals surface area contributed by atoms with Crippen molar-refractivity contribution in [1.29, 1.82) is 0 Å². The lowest BCUT2D eigenvalue weighted by molar-refractivity contribution is 0.0690. The van der Waals surface area contributed by atoms with Gasteiger partial charge in [0, 0.05) is 12.4 Å². The van der Waals surface area contributed by atoms with Gasteiger partial charge in [-0.05, 0) is 17.5 Å². The van der Waals surface area contributed by atoms with Gasteiger partial charge in [-0.2, -0.15) is 0 Å². The maximum atomic E-state index is 10.1. The van der Waals surface area contributed by atoms with Crippen molar-refractivity contribution in [2.24, 2.45) is 0 Å². The highest BCUT2D eigenvalue weighted by atomic mass is 16.4. The normalized spacial score (nSPS) is 11.3. The SMILES string of the molecule is C1=Cc2ccccc2C1.O=C(O)c1cnccn1. The molecule has 1 aliphatic rings. The van der Waals surface area contributed by atoms with Crippen LogP contribution >= 0.6 is 0 Å². The Morgan fingerprint density at radius 3 is 2.67 bits per heavy atom. The maximum Gasteiger partial charge on any atom is 0.356 e. The molecular formula is C14H12N2O2. The van der Waals surface area contributed by atoms with Crippen LogP contribution in [0.3, 0.4) is 0 Å². The van der Waals surface area contributed by atoms with Gasteiger partial charge in [0.25, 0.3) is 0 Å². The lowest BCUT2D eigenvalue weighted by Gasteiger charge is -1.93. The van der Waals surface area contributed by atoms with Crippen molar-refractivity contribution in [3.05, 3.63) is 65.8 Å². The van der Waals surface area contributed by atoms with Crippen LogP contribution < -0.4 is 0 Å². The van der Waals surface area contributed by atoms with Crippen molar-refractivity contribution in [1.82, 2.24) is 9.97 Å². The average molecular weight is 240 g/mol. The van der Waals surface area contributed by atoms with Crippen LogP contribution in [0, 0.1) is 0 Å². The number of hydrogen-bond acceptors (Lipinski definition) is 3. The summed E-state index contributed by atoms with van der Waals surface area (Å²) < 4.78 is 0. The van der Waals surface area contributed by atoms with Gasteiger partial charge >= 0.3 is 5.97 Å². The first-order valence-corrected chi connectivity index (χ1v) is 5.51. The lowest BCUT2D eigenvalue weighted by Crippen LogP contribution is -1.99. The molecule has 90 valence electrons. The van der Waals surface area contributed by atoms with Crippen LogP contribution in [-0.2, 0) is 6.42 Å². The average Bonchev–Trinajstić information content (AvgIpc) is 2.89. The van der Waals surface area contributed by atoms with Crippen LogP contribution in [0.1, 0.15) is 21.6 Å². The molecule has 1 aromatic carbocycles. The summed E-state index contributed by atoms with van der Waals surface area (Å²) in [6.07, 6.45) is 9.45. The van der Waals surface area contributed by atoms with E-state index < -0.39 is 5.97 Å². The molecule has 0 amide bonds. The molecule has 4 nitrogen and oxygen atoms in total. The Morgan fingerprint density at radius 1 is 1.22 bits per heavy atom. The van der Waals surface area contributed by atoms with Crippen LogP contribution in [0.4, 0.5) is 0 Å².